The van der Waals surface area contributed by atoms with E-state index in [1.807, 2.05) is 74.5 Å². The summed E-state index contributed by atoms with van der Waals surface area (Å²) in [7, 11) is 0. The SMILES string of the molecule is Cc1cc(-c2ccc(-c3cccc(-c4nc(-c5ccccc5)nc(-c5ccccc5)n4)c3)cc2)cc(C)n1. The van der Waals surface area contributed by atoms with E-state index in [1.54, 1.807) is 0 Å². The third-order valence-electron chi connectivity index (χ3n) is 6.45. The Labute approximate surface area is 222 Å². The largest absolute Gasteiger partial charge is 0.258 e. The zero-order chi connectivity index (χ0) is 25.9. The number of aryl methyl sites for hydroxylation is 2. The summed E-state index contributed by atoms with van der Waals surface area (Å²) in [6.45, 7) is 4.06. The average molecular weight is 491 g/mol. The van der Waals surface area contributed by atoms with Crippen molar-refractivity contribution in [3.63, 3.8) is 0 Å². The van der Waals surface area contributed by atoms with Gasteiger partial charge in [-0.1, -0.05) is 103 Å². The highest BCUT2D eigenvalue weighted by Crippen LogP contribution is 2.30. The van der Waals surface area contributed by atoms with Gasteiger partial charge in [0.05, 0.1) is 0 Å². The van der Waals surface area contributed by atoms with Crippen LogP contribution in [0.15, 0.2) is 121 Å². The van der Waals surface area contributed by atoms with Crippen molar-refractivity contribution in [1.29, 1.82) is 0 Å². The molecule has 0 N–H and O–H groups in total. The predicted octanol–water partition coefficient (Wildman–Crippen LogP) is 8.22. The average Bonchev–Trinajstić information content (AvgIpc) is 2.97. The lowest BCUT2D eigenvalue weighted by Crippen LogP contribution is -2.00. The van der Waals surface area contributed by atoms with E-state index in [-0.39, 0.29) is 0 Å². The van der Waals surface area contributed by atoms with Crippen molar-refractivity contribution in [3.05, 3.63) is 133 Å². The number of rotatable bonds is 5. The molecule has 6 rings (SSSR count). The number of pyridine rings is 1. The molecular formula is C34H26N4. The van der Waals surface area contributed by atoms with Crippen LogP contribution in [0.25, 0.3) is 56.4 Å². The van der Waals surface area contributed by atoms with Crippen LogP contribution in [0.3, 0.4) is 0 Å². The van der Waals surface area contributed by atoms with Gasteiger partial charge in [0, 0.05) is 28.1 Å². The molecule has 2 aromatic heterocycles. The minimum absolute atomic E-state index is 0.652. The van der Waals surface area contributed by atoms with Gasteiger partial charge in [-0.2, -0.15) is 0 Å². The van der Waals surface area contributed by atoms with Gasteiger partial charge in [0.2, 0.25) is 0 Å². The highest BCUT2D eigenvalue weighted by molar-refractivity contribution is 5.75. The Kier molecular flexibility index (Phi) is 6.29. The van der Waals surface area contributed by atoms with E-state index in [0.717, 1.165) is 39.2 Å². The quantitative estimate of drug-likeness (QED) is 0.244. The first kappa shape index (κ1) is 23.4. The van der Waals surface area contributed by atoms with Gasteiger partial charge in [0.1, 0.15) is 0 Å². The highest BCUT2D eigenvalue weighted by atomic mass is 15.0. The molecule has 0 bridgehead atoms. The van der Waals surface area contributed by atoms with Crippen molar-refractivity contribution in [2.45, 2.75) is 13.8 Å². The van der Waals surface area contributed by atoms with Crippen molar-refractivity contribution in [3.8, 4) is 56.4 Å². The lowest BCUT2D eigenvalue weighted by Gasteiger charge is -2.10. The summed E-state index contributed by atoms with van der Waals surface area (Å²) in [5, 5.41) is 0. The number of hydrogen-bond acceptors (Lipinski definition) is 4. The Morgan fingerprint density at radius 3 is 1.26 bits per heavy atom. The summed E-state index contributed by atoms with van der Waals surface area (Å²) in [6, 6.07) is 41.4. The lowest BCUT2D eigenvalue weighted by atomic mass is 9.98. The molecular weight excluding hydrogens is 464 g/mol. The molecule has 4 nitrogen and oxygen atoms in total. The van der Waals surface area contributed by atoms with Gasteiger partial charge in [-0.15, -0.1) is 0 Å². The van der Waals surface area contributed by atoms with Crippen LogP contribution in [0.4, 0.5) is 0 Å². The van der Waals surface area contributed by atoms with Crippen LogP contribution in [-0.2, 0) is 0 Å². The first-order valence-corrected chi connectivity index (χ1v) is 12.7. The summed E-state index contributed by atoms with van der Waals surface area (Å²) in [6.07, 6.45) is 0. The number of benzene rings is 4. The molecule has 38 heavy (non-hydrogen) atoms. The van der Waals surface area contributed by atoms with Gasteiger partial charge in [0.25, 0.3) is 0 Å². The summed E-state index contributed by atoms with van der Waals surface area (Å²) >= 11 is 0. The monoisotopic (exact) mass is 490 g/mol. The van der Waals surface area contributed by atoms with Gasteiger partial charge in [-0.05, 0) is 54.3 Å². The van der Waals surface area contributed by atoms with E-state index >= 15 is 0 Å². The van der Waals surface area contributed by atoms with Crippen LogP contribution >= 0.6 is 0 Å². The standard InChI is InChI=1S/C34H26N4/c1-23-20-31(21-24(2)35-23)26-18-16-25(17-19-26)29-14-9-15-30(22-29)34-37-32(27-10-5-3-6-11-27)36-33(38-34)28-12-7-4-8-13-28/h3-22H,1-2H3. The maximum Gasteiger partial charge on any atom is 0.164 e. The van der Waals surface area contributed by atoms with Gasteiger partial charge in [-0.3, -0.25) is 4.98 Å². The van der Waals surface area contributed by atoms with E-state index in [0.29, 0.717) is 17.5 Å². The fourth-order valence-electron chi connectivity index (χ4n) is 4.63. The van der Waals surface area contributed by atoms with Gasteiger partial charge in [0.15, 0.2) is 17.5 Å². The fourth-order valence-corrected chi connectivity index (χ4v) is 4.63. The van der Waals surface area contributed by atoms with Crippen LogP contribution in [0.5, 0.6) is 0 Å². The molecule has 0 unspecified atom stereocenters. The molecule has 2 heterocycles. The van der Waals surface area contributed by atoms with E-state index in [9.17, 15) is 0 Å². The Hall–Kier alpha value is -4.96. The Balaban J connectivity index is 1.39. The molecule has 0 saturated carbocycles. The second kappa shape index (κ2) is 10.2. The van der Waals surface area contributed by atoms with Crippen LogP contribution in [0, 0.1) is 13.8 Å². The molecule has 0 spiro atoms. The Bertz CT molecular complexity index is 1630. The molecule has 0 aliphatic heterocycles. The number of aromatic nitrogens is 4. The molecule has 0 saturated heterocycles. The smallest absolute Gasteiger partial charge is 0.164 e. The third-order valence-corrected chi connectivity index (χ3v) is 6.45. The normalized spacial score (nSPS) is 10.9. The minimum Gasteiger partial charge on any atom is -0.258 e. The van der Waals surface area contributed by atoms with Crippen molar-refractivity contribution in [1.82, 2.24) is 19.9 Å². The Morgan fingerprint density at radius 2 is 0.737 bits per heavy atom. The molecule has 6 aromatic rings. The molecule has 0 amide bonds. The topological polar surface area (TPSA) is 51.6 Å². The molecule has 4 heteroatoms. The number of hydrogen-bond donors (Lipinski definition) is 0. The zero-order valence-corrected chi connectivity index (χ0v) is 21.3. The summed E-state index contributed by atoms with van der Waals surface area (Å²) in [4.78, 5) is 19.1. The van der Waals surface area contributed by atoms with Crippen molar-refractivity contribution in [2.75, 3.05) is 0 Å². The molecule has 4 aromatic carbocycles. The molecule has 0 aliphatic carbocycles. The van der Waals surface area contributed by atoms with Crippen molar-refractivity contribution in [2.24, 2.45) is 0 Å². The maximum atomic E-state index is 4.88. The molecule has 182 valence electrons. The second-order valence-electron chi connectivity index (χ2n) is 9.34. The summed E-state index contributed by atoms with van der Waals surface area (Å²) in [5.41, 5.74) is 9.53. The Morgan fingerprint density at radius 1 is 0.316 bits per heavy atom. The highest BCUT2D eigenvalue weighted by Gasteiger charge is 2.13. The van der Waals surface area contributed by atoms with Gasteiger partial charge >= 0.3 is 0 Å². The second-order valence-corrected chi connectivity index (χ2v) is 9.34. The molecule has 0 fully saturated rings. The molecule has 0 atom stereocenters. The molecule has 0 aliphatic rings. The van der Waals surface area contributed by atoms with Gasteiger partial charge in [-0.25, -0.2) is 15.0 Å². The number of nitrogens with zero attached hydrogens (tertiary/aromatic N) is 4. The first-order chi connectivity index (χ1) is 18.6. The van der Waals surface area contributed by atoms with E-state index in [2.05, 4.69) is 65.6 Å². The van der Waals surface area contributed by atoms with E-state index in [1.165, 1.54) is 11.1 Å². The fraction of sp³-hybridized carbons (Fsp3) is 0.0588. The zero-order valence-electron chi connectivity index (χ0n) is 21.3. The van der Waals surface area contributed by atoms with Crippen LogP contribution in [0.2, 0.25) is 0 Å². The van der Waals surface area contributed by atoms with E-state index < -0.39 is 0 Å². The molecule has 0 radical (unpaired) electrons. The van der Waals surface area contributed by atoms with Crippen LogP contribution < -0.4 is 0 Å². The van der Waals surface area contributed by atoms with Gasteiger partial charge < -0.3 is 0 Å². The summed E-state index contributed by atoms with van der Waals surface area (Å²) < 4.78 is 0. The minimum atomic E-state index is 0.652. The van der Waals surface area contributed by atoms with Crippen LogP contribution in [-0.4, -0.2) is 19.9 Å². The maximum absolute atomic E-state index is 4.88. The van der Waals surface area contributed by atoms with E-state index in [4.69, 9.17) is 15.0 Å². The van der Waals surface area contributed by atoms with Crippen LogP contribution in [0.1, 0.15) is 11.4 Å². The first-order valence-electron chi connectivity index (χ1n) is 12.7. The third kappa shape index (κ3) is 4.97. The lowest BCUT2D eigenvalue weighted by molar-refractivity contribution is 1.07. The summed E-state index contributed by atoms with van der Waals surface area (Å²) in [5.74, 6) is 1.97. The van der Waals surface area contributed by atoms with Crippen molar-refractivity contribution < 1.29 is 0 Å². The predicted molar refractivity (Wildman–Crippen MR) is 154 cm³/mol. The van der Waals surface area contributed by atoms with Crippen molar-refractivity contribution >= 4 is 0 Å².